The molecule has 0 aliphatic carbocycles. The van der Waals surface area contributed by atoms with Gasteiger partial charge in [0, 0.05) is 22.9 Å². The Morgan fingerprint density at radius 3 is 2.56 bits per heavy atom. The van der Waals surface area contributed by atoms with Crippen molar-refractivity contribution in [1.29, 1.82) is 0 Å². The van der Waals surface area contributed by atoms with Crippen LogP contribution in [-0.2, 0) is 6.18 Å². The van der Waals surface area contributed by atoms with Crippen LogP contribution >= 0.6 is 15.9 Å². The van der Waals surface area contributed by atoms with Gasteiger partial charge in [0.1, 0.15) is 5.56 Å². The molecule has 2 aromatic rings. The second-order valence-electron chi connectivity index (χ2n) is 6.02. The zero-order valence-corrected chi connectivity index (χ0v) is 17.0. The van der Waals surface area contributed by atoms with E-state index >= 15 is 0 Å². The zero-order valence-electron chi connectivity index (χ0n) is 15.4. The first-order chi connectivity index (χ1) is 12.9. The molecule has 0 N–H and O–H groups in total. The lowest BCUT2D eigenvalue weighted by atomic mass is 10.2. The highest BCUT2D eigenvalue weighted by atomic mass is 79.9. The normalized spacial score (nSPS) is 11.5. The lowest BCUT2D eigenvalue weighted by Gasteiger charge is -2.22. The summed E-state index contributed by atoms with van der Waals surface area (Å²) in [7, 11) is 0. The molecule has 1 aromatic heterocycles. The highest BCUT2D eigenvalue weighted by molar-refractivity contribution is 9.10. The summed E-state index contributed by atoms with van der Waals surface area (Å²) in [6.07, 6.45) is -0.0997. The Morgan fingerprint density at radius 1 is 1.15 bits per heavy atom. The molecule has 0 aliphatic heterocycles. The number of nitrogens with zero attached hydrogens (tertiary/aromatic N) is 3. The SMILES string of the molecule is CCCCCCOc1nc(N(CC)c2cccc(Br)c2)ncc1C(F)(F)F. The van der Waals surface area contributed by atoms with Gasteiger partial charge in [-0.05, 0) is 31.5 Å². The first-order valence-electron chi connectivity index (χ1n) is 8.97. The molecule has 8 heteroatoms. The Morgan fingerprint density at radius 2 is 1.93 bits per heavy atom. The average Bonchev–Trinajstić information content (AvgIpc) is 2.61. The summed E-state index contributed by atoms with van der Waals surface area (Å²) < 4.78 is 46.1. The Balaban J connectivity index is 2.30. The third-order valence-electron chi connectivity index (χ3n) is 3.96. The van der Waals surface area contributed by atoms with Gasteiger partial charge in [-0.25, -0.2) is 4.98 Å². The van der Waals surface area contributed by atoms with Crippen molar-refractivity contribution in [2.75, 3.05) is 18.1 Å². The summed E-state index contributed by atoms with van der Waals surface area (Å²) in [6.45, 7) is 4.65. The molecule has 148 valence electrons. The van der Waals surface area contributed by atoms with E-state index in [9.17, 15) is 13.2 Å². The maximum Gasteiger partial charge on any atom is 0.423 e. The highest BCUT2D eigenvalue weighted by Gasteiger charge is 2.36. The van der Waals surface area contributed by atoms with Crippen LogP contribution in [0.15, 0.2) is 34.9 Å². The molecular formula is C19H23BrF3N3O. The number of anilines is 2. The van der Waals surface area contributed by atoms with Gasteiger partial charge in [0.15, 0.2) is 0 Å². The lowest BCUT2D eigenvalue weighted by Crippen LogP contribution is -2.21. The summed E-state index contributed by atoms with van der Waals surface area (Å²) >= 11 is 3.40. The minimum atomic E-state index is -4.57. The summed E-state index contributed by atoms with van der Waals surface area (Å²) in [5, 5.41) is 0. The van der Waals surface area contributed by atoms with Crippen molar-refractivity contribution in [3.63, 3.8) is 0 Å². The molecular weight excluding hydrogens is 423 g/mol. The summed E-state index contributed by atoms with van der Waals surface area (Å²) in [5.41, 5.74) is -0.174. The van der Waals surface area contributed by atoms with Crippen molar-refractivity contribution in [2.45, 2.75) is 45.7 Å². The molecule has 4 nitrogen and oxygen atoms in total. The maximum atomic E-state index is 13.3. The minimum absolute atomic E-state index is 0.173. The van der Waals surface area contributed by atoms with Gasteiger partial charge in [-0.3, -0.25) is 0 Å². The van der Waals surface area contributed by atoms with Crippen LogP contribution in [0.25, 0.3) is 0 Å². The van der Waals surface area contributed by atoms with Gasteiger partial charge in [0.05, 0.1) is 6.61 Å². The number of benzene rings is 1. The van der Waals surface area contributed by atoms with Gasteiger partial charge in [-0.1, -0.05) is 48.2 Å². The van der Waals surface area contributed by atoms with E-state index in [1.54, 1.807) is 4.90 Å². The van der Waals surface area contributed by atoms with Gasteiger partial charge in [0.2, 0.25) is 11.8 Å². The van der Waals surface area contributed by atoms with Crippen molar-refractivity contribution in [2.24, 2.45) is 0 Å². The van der Waals surface area contributed by atoms with Crippen molar-refractivity contribution in [3.8, 4) is 5.88 Å². The Hall–Kier alpha value is -1.83. The molecule has 0 aliphatic rings. The fraction of sp³-hybridized carbons (Fsp3) is 0.474. The fourth-order valence-electron chi connectivity index (χ4n) is 2.57. The van der Waals surface area contributed by atoms with Crippen LogP contribution in [0.3, 0.4) is 0 Å². The number of rotatable bonds is 9. The fourth-order valence-corrected chi connectivity index (χ4v) is 2.96. The molecule has 0 radical (unpaired) electrons. The molecule has 0 atom stereocenters. The average molecular weight is 446 g/mol. The van der Waals surface area contributed by atoms with Crippen LogP contribution in [0, 0.1) is 0 Å². The standard InChI is InChI=1S/C19H23BrF3N3O/c1-3-5-6-7-11-27-17-16(19(21,22)23)13-24-18(25-17)26(4-2)15-10-8-9-14(20)12-15/h8-10,12-13H,3-7,11H2,1-2H3. The molecule has 0 fully saturated rings. The number of halogens is 4. The summed E-state index contributed by atoms with van der Waals surface area (Å²) in [4.78, 5) is 9.76. The number of hydrogen-bond donors (Lipinski definition) is 0. The quantitative estimate of drug-likeness (QED) is 0.420. The molecule has 0 spiro atoms. The van der Waals surface area contributed by atoms with E-state index < -0.39 is 17.6 Å². The van der Waals surface area contributed by atoms with Crippen molar-refractivity contribution in [3.05, 3.63) is 40.5 Å². The van der Waals surface area contributed by atoms with Gasteiger partial charge < -0.3 is 9.64 Å². The topological polar surface area (TPSA) is 38.2 Å². The predicted octanol–water partition coefficient (Wildman–Crippen LogP) is 6.38. The van der Waals surface area contributed by atoms with E-state index in [0.717, 1.165) is 35.6 Å². The van der Waals surface area contributed by atoms with Crippen LogP contribution in [-0.4, -0.2) is 23.1 Å². The molecule has 2 rings (SSSR count). The predicted molar refractivity (Wildman–Crippen MR) is 103 cm³/mol. The van der Waals surface area contributed by atoms with Crippen LogP contribution in [0.4, 0.5) is 24.8 Å². The second kappa shape index (κ2) is 9.92. The molecule has 27 heavy (non-hydrogen) atoms. The number of ether oxygens (including phenoxy) is 1. The minimum Gasteiger partial charge on any atom is -0.477 e. The molecule has 0 amide bonds. The van der Waals surface area contributed by atoms with Gasteiger partial charge in [-0.15, -0.1) is 0 Å². The van der Waals surface area contributed by atoms with Crippen molar-refractivity contribution >= 4 is 27.6 Å². The van der Waals surface area contributed by atoms with Gasteiger partial charge in [0.25, 0.3) is 0 Å². The molecule has 1 aromatic carbocycles. The molecule has 1 heterocycles. The molecule has 0 saturated carbocycles. The third-order valence-corrected chi connectivity index (χ3v) is 4.45. The Bertz CT molecular complexity index is 740. The van der Waals surface area contributed by atoms with Gasteiger partial charge in [-0.2, -0.15) is 18.2 Å². The smallest absolute Gasteiger partial charge is 0.423 e. The zero-order chi connectivity index (χ0) is 19.9. The lowest BCUT2D eigenvalue weighted by molar-refractivity contribution is -0.139. The monoisotopic (exact) mass is 445 g/mol. The van der Waals surface area contributed by atoms with Crippen molar-refractivity contribution < 1.29 is 17.9 Å². The van der Waals surface area contributed by atoms with E-state index in [0.29, 0.717) is 13.0 Å². The Labute approximate surface area is 165 Å². The van der Waals surface area contributed by atoms with E-state index in [1.807, 2.05) is 31.2 Å². The number of hydrogen-bond acceptors (Lipinski definition) is 4. The molecule has 0 bridgehead atoms. The first kappa shape index (κ1) is 21.5. The van der Waals surface area contributed by atoms with E-state index in [1.165, 1.54) is 0 Å². The van der Waals surface area contributed by atoms with Crippen molar-refractivity contribution in [1.82, 2.24) is 9.97 Å². The van der Waals surface area contributed by atoms with E-state index in [4.69, 9.17) is 4.74 Å². The first-order valence-corrected chi connectivity index (χ1v) is 9.76. The Kier molecular flexibility index (Phi) is 7.89. The van der Waals surface area contributed by atoms with Gasteiger partial charge >= 0.3 is 6.18 Å². The molecule has 0 saturated heterocycles. The van der Waals surface area contributed by atoms with Crippen LogP contribution in [0.1, 0.15) is 45.1 Å². The largest absolute Gasteiger partial charge is 0.477 e. The van der Waals surface area contributed by atoms with Crippen LogP contribution in [0.5, 0.6) is 5.88 Å². The second-order valence-corrected chi connectivity index (χ2v) is 6.94. The van der Waals surface area contributed by atoms with E-state index in [2.05, 4.69) is 32.8 Å². The number of alkyl halides is 3. The van der Waals surface area contributed by atoms with Crippen LogP contribution in [0.2, 0.25) is 0 Å². The number of unbranched alkanes of at least 4 members (excludes halogenated alkanes) is 3. The highest BCUT2D eigenvalue weighted by Crippen LogP contribution is 2.36. The van der Waals surface area contributed by atoms with E-state index in [-0.39, 0.29) is 12.6 Å². The summed E-state index contributed by atoms with van der Waals surface area (Å²) in [6, 6.07) is 7.42. The maximum absolute atomic E-state index is 13.3. The molecule has 0 unspecified atom stereocenters. The number of aromatic nitrogens is 2. The third kappa shape index (κ3) is 6.09. The van der Waals surface area contributed by atoms with Crippen LogP contribution < -0.4 is 9.64 Å². The summed E-state index contributed by atoms with van der Waals surface area (Å²) in [5.74, 6) is -0.246.